The van der Waals surface area contributed by atoms with Gasteiger partial charge >= 0.3 is 5.97 Å². The number of carbonyl (C=O) groups is 3. The molecule has 110 valence electrons. The number of carbonyl (C=O) groups excluding carboxylic acids is 3. The minimum absolute atomic E-state index is 0.143. The number of fused-ring (bicyclic) bond motifs is 1. The van der Waals surface area contributed by atoms with E-state index in [2.05, 4.69) is 4.74 Å². The van der Waals surface area contributed by atoms with Crippen LogP contribution >= 0.6 is 0 Å². The van der Waals surface area contributed by atoms with Crippen molar-refractivity contribution in [1.82, 2.24) is 0 Å². The van der Waals surface area contributed by atoms with Gasteiger partial charge in [-0.1, -0.05) is 6.08 Å². The van der Waals surface area contributed by atoms with E-state index in [1.807, 2.05) is 0 Å². The van der Waals surface area contributed by atoms with Crippen LogP contribution in [-0.2, 0) is 14.3 Å². The summed E-state index contributed by atoms with van der Waals surface area (Å²) in [4.78, 5) is 35.5. The molecule has 0 fully saturated rings. The quantitative estimate of drug-likeness (QED) is 0.481. The smallest absolute Gasteiger partial charge is 0.330 e. The highest BCUT2D eigenvalue weighted by Crippen LogP contribution is 2.31. The third kappa shape index (κ3) is 2.81. The summed E-state index contributed by atoms with van der Waals surface area (Å²) in [5.74, 6) is -4.59. The Morgan fingerprint density at radius 3 is 2.71 bits per heavy atom. The molecule has 0 radical (unpaired) electrons. The molecule has 5 nitrogen and oxygen atoms in total. The first-order chi connectivity index (χ1) is 9.95. The van der Waals surface area contributed by atoms with Crippen molar-refractivity contribution in [2.45, 2.75) is 6.92 Å². The summed E-state index contributed by atoms with van der Waals surface area (Å²) in [5.41, 5.74) is -0.595. The van der Waals surface area contributed by atoms with Crippen LogP contribution in [0.4, 0.5) is 14.5 Å². The highest BCUT2D eigenvalue weighted by Gasteiger charge is 2.38. The van der Waals surface area contributed by atoms with Crippen molar-refractivity contribution in [3.05, 3.63) is 41.5 Å². The van der Waals surface area contributed by atoms with E-state index in [1.165, 1.54) is 6.08 Å². The van der Waals surface area contributed by atoms with Crippen LogP contribution in [0.15, 0.2) is 24.3 Å². The molecule has 1 aliphatic rings. The topological polar surface area (TPSA) is 63.7 Å². The maximum Gasteiger partial charge on any atom is 0.330 e. The minimum Gasteiger partial charge on any atom is -0.463 e. The molecule has 2 rings (SSSR count). The molecule has 0 N–H and O–H groups in total. The molecular weight excluding hydrogens is 284 g/mol. The van der Waals surface area contributed by atoms with Crippen LogP contribution in [0.3, 0.4) is 0 Å². The molecule has 1 heterocycles. The number of ether oxygens (including phenoxy) is 1. The lowest BCUT2D eigenvalue weighted by Crippen LogP contribution is -2.29. The fourth-order valence-corrected chi connectivity index (χ4v) is 1.96. The number of benzene rings is 1. The standard InChI is InChI=1S/C14H11F2NO4/c1-2-21-11(18)4-3-5-17-10-7-8(15)6-9(16)12(10)13(19)14(17)20/h3-4,6-7H,2,5H2,1H3/b4-3+. The van der Waals surface area contributed by atoms with Crippen molar-refractivity contribution >= 4 is 23.3 Å². The predicted molar refractivity (Wildman–Crippen MR) is 68.8 cm³/mol. The van der Waals surface area contributed by atoms with Gasteiger partial charge in [-0.2, -0.15) is 0 Å². The van der Waals surface area contributed by atoms with Crippen molar-refractivity contribution in [3.63, 3.8) is 0 Å². The van der Waals surface area contributed by atoms with Crippen molar-refractivity contribution in [1.29, 1.82) is 0 Å². The van der Waals surface area contributed by atoms with Gasteiger partial charge in [-0.05, 0) is 13.0 Å². The largest absolute Gasteiger partial charge is 0.463 e. The van der Waals surface area contributed by atoms with Gasteiger partial charge in [-0.25, -0.2) is 13.6 Å². The van der Waals surface area contributed by atoms with Crippen LogP contribution in [0.1, 0.15) is 17.3 Å². The number of Topliss-reactive ketones (excluding diaryl/α,β-unsaturated/α-hetero) is 1. The third-order valence-electron chi connectivity index (χ3n) is 2.82. The molecule has 0 aliphatic carbocycles. The van der Waals surface area contributed by atoms with Crippen LogP contribution < -0.4 is 4.90 Å². The molecular formula is C14H11F2NO4. The molecule has 1 aliphatic heterocycles. The van der Waals surface area contributed by atoms with E-state index >= 15 is 0 Å². The molecule has 1 aromatic rings. The Hall–Kier alpha value is -2.57. The number of nitrogens with zero attached hydrogens (tertiary/aromatic N) is 1. The molecule has 1 amide bonds. The predicted octanol–water partition coefficient (Wildman–Crippen LogP) is 1.61. The summed E-state index contributed by atoms with van der Waals surface area (Å²) in [7, 11) is 0. The second-order valence-electron chi connectivity index (χ2n) is 4.18. The van der Waals surface area contributed by atoms with Crippen molar-refractivity contribution in [3.8, 4) is 0 Å². The summed E-state index contributed by atoms with van der Waals surface area (Å²) in [6, 6.07) is 1.45. The number of amides is 1. The van der Waals surface area contributed by atoms with Crippen molar-refractivity contribution in [2.75, 3.05) is 18.1 Å². The van der Waals surface area contributed by atoms with E-state index in [4.69, 9.17) is 0 Å². The summed E-state index contributed by atoms with van der Waals surface area (Å²) in [5, 5.41) is 0. The Morgan fingerprint density at radius 2 is 2.05 bits per heavy atom. The zero-order valence-corrected chi connectivity index (χ0v) is 11.1. The first-order valence-electron chi connectivity index (χ1n) is 6.14. The number of hydrogen-bond acceptors (Lipinski definition) is 4. The van der Waals surface area contributed by atoms with Crippen LogP contribution in [0, 0.1) is 11.6 Å². The van der Waals surface area contributed by atoms with Gasteiger partial charge in [0.05, 0.1) is 17.9 Å². The van der Waals surface area contributed by atoms with E-state index in [0.717, 1.165) is 17.0 Å². The highest BCUT2D eigenvalue weighted by molar-refractivity contribution is 6.52. The zero-order valence-electron chi connectivity index (χ0n) is 11.1. The summed E-state index contributed by atoms with van der Waals surface area (Å²) < 4.78 is 31.4. The molecule has 0 atom stereocenters. The molecule has 1 aromatic carbocycles. The number of hydrogen-bond donors (Lipinski definition) is 0. The monoisotopic (exact) mass is 295 g/mol. The number of esters is 1. The van der Waals surface area contributed by atoms with E-state index in [-0.39, 0.29) is 18.8 Å². The Kier molecular flexibility index (Phi) is 4.11. The molecule has 0 bridgehead atoms. The van der Waals surface area contributed by atoms with Gasteiger partial charge in [0.1, 0.15) is 11.6 Å². The highest BCUT2D eigenvalue weighted by atomic mass is 19.1. The molecule has 0 aromatic heterocycles. The number of anilines is 1. The van der Waals surface area contributed by atoms with E-state index in [9.17, 15) is 23.2 Å². The Morgan fingerprint density at radius 1 is 1.33 bits per heavy atom. The number of ketones is 1. The van der Waals surface area contributed by atoms with Crippen LogP contribution in [-0.4, -0.2) is 30.8 Å². The van der Waals surface area contributed by atoms with Gasteiger partial charge in [0.2, 0.25) is 0 Å². The fraction of sp³-hybridized carbons (Fsp3) is 0.214. The van der Waals surface area contributed by atoms with Crippen molar-refractivity contribution in [2.24, 2.45) is 0 Å². The average molecular weight is 295 g/mol. The maximum absolute atomic E-state index is 13.6. The van der Waals surface area contributed by atoms with Gasteiger partial charge in [-0.15, -0.1) is 0 Å². The minimum atomic E-state index is -1.08. The summed E-state index contributed by atoms with van der Waals surface area (Å²) in [6.45, 7) is 1.67. The summed E-state index contributed by atoms with van der Waals surface area (Å²) in [6.07, 6.45) is 2.36. The van der Waals surface area contributed by atoms with Crippen LogP contribution in [0.5, 0.6) is 0 Å². The summed E-state index contributed by atoms with van der Waals surface area (Å²) >= 11 is 0. The van der Waals surface area contributed by atoms with Crippen LogP contribution in [0.2, 0.25) is 0 Å². The fourth-order valence-electron chi connectivity index (χ4n) is 1.96. The molecule has 0 unspecified atom stereocenters. The second-order valence-corrected chi connectivity index (χ2v) is 4.18. The second kappa shape index (κ2) is 5.82. The van der Waals surface area contributed by atoms with Gasteiger partial charge in [0, 0.05) is 18.7 Å². The van der Waals surface area contributed by atoms with Gasteiger partial charge in [0.25, 0.3) is 11.7 Å². The molecule has 21 heavy (non-hydrogen) atoms. The van der Waals surface area contributed by atoms with Gasteiger partial charge in [-0.3, -0.25) is 9.59 Å². The number of halogens is 2. The molecule has 0 saturated heterocycles. The first kappa shape index (κ1) is 14.8. The van der Waals surface area contributed by atoms with Crippen LogP contribution in [0.25, 0.3) is 0 Å². The third-order valence-corrected chi connectivity index (χ3v) is 2.82. The zero-order chi connectivity index (χ0) is 15.6. The molecule has 0 saturated carbocycles. The van der Waals surface area contributed by atoms with E-state index in [0.29, 0.717) is 6.07 Å². The van der Waals surface area contributed by atoms with Gasteiger partial charge < -0.3 is 9.64 Å². The first-order valence-corrected chi connectivity index (χ1v) is 6.14. The lowest BCUT2D eigenvalue weighted by Gasteiger charge is -2.13. The van der Waals surface area contributed by atoms with Crippen molar-refractivity contribution < 1.29 is 27.9 Å². The maximum atomic E-state index is 13.6. The lowest BCUT2D eigenvalue weighted by molar-refractivity contribution is -0.137. The van der Waals surface area contributed by atoms with E-state index in [1.54, 1.807) is 6.92 Å². The lowest BCUT2D eigenvalue weighted by atomic mass is 10.1. The molecule has 0 spiro atoms. The Balaban J connectivity index is 2.25. The average Bonchev–Trinajstić information content (AvgIpc) is 2.64. The normalized spacial score (nSPS) is 14.0. The number of rotatable bonds is 4. The Bertz CT molecular complexity index is 655. The van der Waals surface area contributed by atoms with E-state index < -0.39 is 34.9 Å². The Labute approximate surface area is 118 Å². The molecule has 7 heteroatoms. The SMILES string of the molecule is CCOC(=O)/C=C/CN1C(=O)C(=O)c2c(F)cc(F)cc21. The van der Waals surface area contributed by atoms with Gasteiger partial charge in [0.15, 0.2) is 0 Å².